The molecule has 0 aromatic heterocycles. The van der Waals surface area contributed by atoms with E-state index in [0.29, 0.717) is 23.0 Å². The molecule has 0 aliphatic carbocycles. The standard InChI is InChI=1S/C19H19ClN2O3/c1-12-3-6-15(7-4-12)22-11-13(9-18(22)23)19(24)21-14-5-8-17(25-2)16(20)10-14/h3-8,10,13H,9,11H2,1-2H3,(H,21,24)/t13-/m0/s1. The second-order valence-corrected chi connectivity index (χ2v) is 6.49. The van der Waals surface area contributed by atoms with Crippen LogP contribution in [-0.2, 0) is 9.59 Å². The first-order valence-corrected chi connectivity index (χ1v) is 8.37. The van der Waals surface area contributed by atoms with Crippen LogP contribution in [0.4, 0.5) is 11.4 Å². The van der Waals surface area contributed by atoms with Crippen LogP contribution < -0.4 is 15.0 Å². The normalized spacial score (nSPS) is 16.8. The van der Waals surface area contributed by atoms with Gasteiger partial charge in [0.25, 0.3) is 0 Å². The molecule has 0 unspecified atom stereocenters. The third-order valence-electron chi connectivity index (χ3n) is 4.26. The van der Waals surface area contributed by atoms with Gasteiger partial charge < -0.3 is 15.0 Å². The molecular formula is C19H19ClN2O3. The van der Waals surface area contributed by atoms with Crippen molar-refractivity contribution in [1.29, 1.82) is 0 Å². The Balaban J connectivity index is 1.68. The molecule has 25 heavy (non-hydrogen) atoms. The minimum atomic E-state index is -0.394. The number of nitrogens with one attached hydrogen (secondary N) is 1. The van der Waals surface area contributed by atoms with Crippen LogP contribution in [0.3, 0.4) is 0 Å². The Bertz CT molecular complexity index is 805. The van der Waals surface area contributed by atoms with Crippen LogP contribution in [0.5, 0.6) is 5.75 Å². The molecule has 1 heterocycles. The van der Waals surface area contributed by atoms with Crippen molar-refractivity contribution in [2.45, 2.75) is 13.3 Å². The lowest BCUT2D eigenvalue weighted by atomic mass is 10.1. The number of anilines is 2. The monoisotopic (exact) mass is 358 g/mol. The summed E-state index contributed by atoms with van der Waals surface area (Å²) in [5.74, 6) is -0.0862. The lowest BCUT2D eigenvalue weighted by molar-refractivity contribution is -0.122. The largest absolute Gasteiger partial charge is 0.495 e. The first-order chi connectivity index (χ1) is 12.0. The number of methoxy groups -OCH3 is 1. The molecule has 0 saturated carbocycles. The predicted molar refractivity (Wildman–Crippen MR) is 98.3 cm³/mol. The molecule has 3 rings (SSSR count). The van der Waals surface area contributed by atoms with Crippen LogP contribution in [0.25, 0.3) is 0 Å². The van der Waals surface area contributed by atoms with Crippen molar-refractivity contribution in [1.82, 2.24) is 0 Å². The number of ether oxygens (including phenoxy) is 1. The van der Waals surface area contributed by atoms with Crippen molar-refractivity contribution in [3.8, 4) is 5.75 Å². The van der Waals surface area contributed by atoms with Crippen LogP contribution in [0.2, 0.25) is 5.02 Å². The maximum Gasteiger partial charge on any atom is 0.229 e. The minimum Gasteiger partial charge on any atom is -0.495 e. The van der Waals surface area contributed by atoms with Crippen molar-refractivity contribution >= 4 is 34.8 Å². The second-order valence-electron chi connectivity index (χ2n) is 6.08. The Kier molecular flexibility index (Phi) is 4.95. The fourth-order valence-electron chi connectivity index (χ4n) is 2.85. The zero-order valence-corrected chi connectivity index (χ0v) is 14.8. The van der Waals surface area contributed by atoms with Crippen LogP contribution in [0.15, 0.2) is 42.5 Å². The molecule has 1 saturated heterocycles. The van der Waals surface area contributed by atoms with E-state index in [-0.39, 0.29) is 18.2 Å². The molecule has 1 fully saturated rings. The molecule has 1 N–H and O–H groups in total. The summed E-state index contributed by atoms with van der Waals surface area (Å²) < 4.78 is 5.09. The number of carbonyl (C=O) groups is 2. The van der Waals surface area contributed by atoms with E-state index in [0.717, 1.165) is 11.3 Å². The van der Waals surface area contributed by atoms with E-state index in [4.69, 9.17) is 16.3 Å². The lowest BCUT2D eigenvalue weighted by Crippen LogP contribution is -2.28. The summed E-state index contributed by atoms with van der Waals surface area (Å²) >= 11 is 6.07. The zero-order valence-electron chi connectivity index (χ0n) is 14.1. The molecule has 1 aliphatic rings. The summed E-state index contributed by atoms with van der Waals surface area (Å²) in [7, 11) is 1.53. The smallest absolute Gasteiger partial charge is 0.229 e. The average molecular weight is 359 g/mol. The molecule has 130 valence electrons. The van der Waals surface area contributed by atoms with Crippen molar-refractivity contribution in [3.63, 3.8) is 0 Å². The third kappa shape index (κ3) is 3.77. The summed E-state index contributed by atoms with van der Waals surface area (Å²) in [5.41, 5.74) is 2.52. The van der Waals surface area contributed by atoms with E-state index >= 15 is 0 Å². The Morgan fingerprint density at radius 1 is 1.24 bits per heavy atom. The second kappa shape index (κ2) is 7.15. The van der Waals surface area contributed by atoms with Gasteiger partial charge in [0.2, 0.25) is 11.8 Å². The number of nitrogens with zero attached hydrogens (tertiary/aromatic N) is 1. The molecule has 1 aliphatic heterocycles. The van der Waals surface area contributed by atoms with Gasteiger partial charge in [-0.15, -0.1) is 0 Å². The van der Waals surface area contributed by atoms with Crippen molar-refractivity contribution < 1.29 is 14.3 Å². The van der Waals surface area contributed by atoms with Gasteiger partial charge in [-0.25, -0.2) is 0 Å². The van der Waals surface area contributed by atoms with Crippen molar-refractivity contribution in [2.24, 2.45) is 5.92 Å². The van der Waals surface area contributed by atoms with Gasteiger partial charge in [-0.2, -0.15) is 0 Å². The summed E-state index contributed by atoms with van der Waals surface area (Å²) in [6.07, 6.45) is 0.198. The first kappa shape index (κ1) is 17.3. The highest BCUT2D eigenvalue weighted by Crippen LogP contribution is 2.29. The summed E-state index contributed by atoms with van der Waals surface area (Å²) in [5, 5.41) is 3.24. The highest BCUT2D eigenvalue weighted by Gasteiger charge is 2.35. The number of hydrogen-bond donors (Lipinski definition) is 1. The third-order valence-corrected chi connectivity index (χ3v) is 4.56. The maximum atomic E-state index is 12.5. The predicted octanol–water partition coefficient (Wildman–Crippen LogP) is 3.65. The molecule has 0 spiro atoms. The highest BCUT2D eigenvalue weighted by atomic mass is 35.5. The van der Waals surface area contributed by atoms with E-state index < -0.39 is 5.92 Å². The molecule has 1 atom stereocenters. The minimum absolute atomic E-state index is 0.0447. The van der Waals surface area contributed by atoms with E-state index in [2.05, 4.69) is 5.32 Å². The maximum absolute atomic E-state index is 12.5. The molecule has 5 nitrogen and oxygen atoms in total. The number of carbonyl (C=O) groups excluding carboxylic acids is 2. The first-order valence-electron chi connectivity index (χ1n) is 7.99. The molecule has 2 aromatic rings. The van der Waals surface area contributed by atoms with Gasteiger partial charge in [-0.3, -0.25) is 9.59 Å². The Morgan fingerprint density at radius 2 is 1.96 bits per heavy atom. The fourth-order valence-corrected chi connectivity index (χ4v) is 3.10. The van der Waals surface area contributed by atoms with E-state index in [1.54, 1.807) is 23.1 Å². The van der Waals surface area contributed by atoms with Gasteiger partial charge >= 0.3 is 0 Å². The molecule has 0 bridgehead atoms. The van der Waals surface area contributed by atoms with Gasteiger partial charge in [-0.05, 0) is 37.3 Å². The van der Waals surface area contributed by atoms with Crippen LogP contribution >= 0.6 is 11.6 Å². The summed E-state index contributed by atoms with van der Waals surface area (Å²) in [6.45, 7) is 2.36. The number of amides is 2. The van der Waals surface area contributed by atoms with Gasteiger partial charge in [-0.1, -0.05) is 29.3 Å². The van der Waals surface area contributed by atoms with E-state index in [9.17, 15) is 9.59 Å². The summed E-state index contributed by atoms with van der Waals surface area (Å²) in [6, 6.07) is 12.7. The van der Waals surface area contributed by atoms with Gasteiger partial charge in [0, 0.05) is 24.3 Å². The van der Waals surface area contributed by atoms with Gasteiger partial charge in [0.15, 0.2) is 0 Å². The number of benzene rings is 2. The van der Waals surface area contributed by atoms with E-state index in [1.807, 2.05) is 31.2 Å². The van der Waals surface area contributed by atoms with Crippen molar-refractivity contribution in [2.75, 3.05) is 23.9 Å². The molecule has 2 amide bonds. The Morgan fingerprint density at radius 3 is 2.60 bits per heavy atom. The van der Waals surface area contributed by atoms with Crippen LogP contribution in [-0.4, -0.2) is 25.5 Å². The fraction of sp³-hybridized carbons (Fsp3) is 0.263. The SMILES string of the molecule is COc1ccc(NC(=O)[C@H]2CC(=O)N(c3ccc(C)cc3)C2)cc1Cl. The highest BCUT2D eigenvalue weighted by molar-refractivity contribution is 6.32. The van der Waals surface area contributed by atoms with Crippen LogP contribution in [0, 0.1) is 12.8 Å². The topological polar surface area (TPSA) is 58.6 Å². The lowest BCUT2D eigenvalue weighted by Gasteiger charge is -2.17. The molecular weight excluding hydrogens is 340 g/mol. The van der Waals surface area contributed by atoms with E-state index in [1.165, 1.54) is 7.11 Å². The summed E-state index contributed by atoms with van der Waals surface area (Å²) in [4.78, 5) is 26.4. The Hall–Kier alpha value is -2.53. The quantitative estimate of drug-likeness (QED) is 0.907. The van der Waals surface area contributed by atoms with Crippen molar-refractivity contribution in [3.05, 3.63) is 53.1 Å². The number of rotatable bonds is 4. The molecule has 2 aromatic carbocycles. The van der Waals surface area contributed by atoms with Gasteiger partial charge in [0.05, 0.1) is 18.1 Å². The number of aryl methyl sites for hydroxylation is 1. The molecule has 6 heteroatoms. The van der Waals surface area contributed by atoms with Crippen LogP contribution in [0.1, 0.15) is 12.0 Å². The molecule has 0 radical (unpaired) electrons. The average Bonchev–Trinajstić information content (AvgIpc) is 2.98. The number of halogens is 1. The zero-order chi connectivity index (χ0) is 18.0. The van der Waals surface area contributed by atoms with Gasteiger partial charge in [0.1, 0.15) is 5.75 Å². The Labute approximate surface area is 151 Å². The number of hydrogen-bond acceptors (Lipinski definition) is 3.